The maximum absolute atomic E-state index is 12.5. The number of aromatic nitrogens is 2. The minimum absolute atomic E-state index is 0.0389. The molecule has 0 saturated heterocycles. The van der Waals surface area contributed by atoms with Crippen LogP contribution in [0, 0.1) is 0 Å². The summed E-state index contributed by atoms with van der Waals surface area (Å²) in [5.74, 6) is -1.33. The predicted molar refractivity (Wildman–Crippen MR) is 63.8 cm³/mol. The first-order valence-electron chi connectivity index (χ1n) is 5.45. The van der Waals surface area contributed by atoms with E-state index in [9.17, 15) is 18.0 Å². The molecule has 3 N–H and O–H groups in total. The van der Waals surface area contributed by atoms with Crippen LogP contribution in [0.4, 0.5) is 24.8 Å². The fourth-order valence-corrected chi connectivity index (χ4v) is 1.22. The van der Waals surface area contributed by atoms with Crippen LogP contribution in [-0.2, 0) is 11.0 Å². The molecule has 1 amide bonds. The largest absolute Gasteiger partial charge is 0.451 e. The molecule has 9 heteroatoms. The van der Waals surface area contributed by atoms with Gasteiger partial charge in [-0.05, 0) is 0 Å². The van der Waals surface area contributed by atoms with E-state index >= 15 is 0 Å². The van der Waals surface area contributed by atoms with Crippen LogP contribution in [-0.4, -0.2) is 36.0 Å². The van der Waals surface area contributed by atoms with Gasteiger partial charge in [0.25, 0.3) is 0 Å². The molecule has 0 aliphatic carbocycles. The van der Waals surface area contributed by atoms with Crippen molar-refractivity contribution in [3.63, 3.8) is 0 Å². The number of halogens is 3. The average molecular weight is 277 g/mol. The molecule has 0 fully saturated rings. The molecule has 0 radical (unpaired) electrons. The van der Waals surface area contributed by atoms with Gasteiger partial charge in [-0.25, -0.2) is 9.97 Å². The van der Waals surface area contributed by atoms with Gasteiger partial charge in [0.15, 0.2) is 0 Å². The molecule has 0 aliphatic rings. The third-order valence-electron chi connectivity index (χ3n) is 2.04. The molecular weight excluding hydrogens is 263 g/mol. The summed E-state index contributed by atoms with van der Waals surface area (Å²) in [4.78, 5) is 17.3. The maximum Gasteiger partial charge on any atom is 0.451 e. The Bertz CT molecular complexity index is 449. The normalized spacial score (nSPS) is 11.0. The molecule has 1 aromatic rings. The predicted octanol–water partition coefficient (Wildman–Crippen LogP) is 1.09. The van der Waals surface area contributed by atoms with Gasteiger partial charge in [0.2, 0.25) is 11.7 Å². The molecule has 1 heterocycles. The summed E-state index contributed by atoms with van der Waals surface area (Å²) < 4.78 is 37.6. The van der Waals surface area contributed by atoms with Gasteiger partial charge in [-0.1, -0.05) is 0 Å². The molecule has 19 heavy (non-hydrogen) atoms. The molecule has 6 nitrogen and oxygen atoms in total. The van der Waals surface area contributed by atoms with Crippen molar-refractivity contribution in [3.8, 4) is 0 Å². The van der Waals surface area contributed by atoms with Gasteiger partial charge >= 0.3 is 6.18 Å². The van der Waals surface area contributed by atoms with Crippen LogP contribution < -0.4 is 16.0 Å². The first kappa shape index (κ1) is 15.0. The summed E-state index contributed by atoms with van der Waals surface area (Å²) in [6.07, 6.45) is -4.61. The highest BCUT2D eigenvalue weighted by molar-refractivity contribution is 5.72. The van der Waals surface area contributed by atoms with Gasteiger partial charge < -0.3 is 16.0 Å². The number of carbonyl (C=O) groups excluding carboxylic acids is 1. The number of nitrogens with zero attached hydrogens (tertiary/aromatic N) is 2. The molecule has 0 aromatic carbocycles. The molecule has 1 aromatic heterocycles. The van der Waals surface area contributed by atoms with E-state index in [1.54, 1.807) is 0 Å². The summed E-state index contributed by atoms with van der Waals surface area (Å²) >= 11 is 0. The lowest BCUT2D eigenvalue weighted by atomic mass is 10.4. The number of nitrogens with one attached hydrogen (secondary N) is 3. The highest BCUT2D eigenvalue weighted by atomic mass is 19.4. The van der Waals surface area contributed by atoms with Crippen molar-refractivity contribution in [2.45, 2.75) is 13.1 Å². The number of hydrogen-bond acceptors (Lipinski definition) is 5. The van der Waals surface area contributed by atoms with Crippen LogP contribution in [0.5, 0.6) is 0 Å². The van der Waals surface area contributed by atoms with Crippen LogP contribution in [0.25, 0.3) is 0 Å². The standard InChI is InChI=1S/C10H14F3N5O/c1-6(19)15-3-4-16-8-5-7(14-2)17-9(18-8)10(11,12)13/h5H,3-4H2,1-2H3,(H,15,19)(H2,14,16,17,18). The average Bonchev–Trinajstić information content (AvgIpc) is 2.33. The molecular formula is C10H14F3N5O. The van der Waals surface area contributed by atoms with Crippen LogP contribution in [0.2, 0.25) is 0 Å². The Kier molecular flexibility index (Phi) is 4.90. The third-order valence-corrected chi connectivity index (χ3v) is 2.04. The number of hydrogen-bond donors (Lipinski definition) is 3. The van der Waals surface area contributed by atoms with Gasteiger partial charge in [-0.15, -0.1) is 0 Å². The zero-order chi connectivity index (χ0) is 14.5. The second-order valence-corrected chi connectivity index (χ2v) is 3.62. The van der Waals surface area contributed by atoms with E-state index in [2.05, 4.69) is 25.9 Å². The smallest absolute Gasteiger partial charge is 0.373 e. The minimum atomic E-state index is -4.61. The maximum atomic E-state index is 12.5. The van der Waals surface area contributed by atoms with Crippen molar-refractivity contribution in [1.82, 2.24) is 15.3 Å². The first-order valence-corrected chi connectivity index (χ1v) is 5.45. The summed E-state index contributed by atoms with van der Waals surface area (Å²) in [6, 6.07) is 1.35. The summed E-state index contributed by atoms with van der Waals surface area (Å²) in [6.45, 7) is 1.90. The zero-order valence-corrected chi connectivity index (χ0v) is 10.4. The van der Waals surface area contributed by atoms with E-state index in [4.69, 9.17) is 0 Å². The monoisotopic (exact) mass is 277 g/mol. The lowest BCUT2D eigenvalue weighted by Gasteiger charge is -2.11. The quantitative estimate of drug-likeness (QED) is 0.702. The lowest BCUT2D eigenvalue weighted by Crippen LogP contribution is -2.26. The van der Waals surface area contributed by atoms with Crippen molar-refractivity contribution < 1.29 is 18.0 Å². The Morgan fingerprint density at radius 2 is 1.89 bits per heavy atom. The van der Waals surface area contributed by atoms with Crippen LogP contribution in [0.15, 0.2) is 6.07 Å². The van der Waals surface area contributed by atoms with E-state index in [0.29, 0.717) is 0 Å². The van der Waals surface area contributed by atoms with Gasteiger partial charge in [0.1, 0.15) is 11.6 Å². The number of carbonyl (C=O) groups is 1. The fraction of sp³-hybridized carbons (Fsp3) is 0.500. The van der Waals surface area contributed by atoms with Gasteiger partial charge in [0, 0.05) is 33.1 Å². The van der Waals surface area contributed by atoms with E-state index in [0.717, 1.165) is 0 Å². The third kappa shape index (κ3) is 4.98. The molecule has 0 spiro atoms. The molecule has 0 aliphatic heterocycles. The van der Waals surface area contributed by atoms with Crippen LogP contribution >= 0.6 is 0 Å². The Labute approximate surface area is 107 Å². The van der Waals surface area contributed by atoms with Crippen molar-refractivity contribution in [1.29, 1.82) is 0 Å². The Morgan fingerprint density at radius 1 is 1.26 bits per heavy atom. The van der Waals surface area contributed by atoms with E-state index in [1.165, 1.54) is 20.0 Å². The molecule has 0 saturated carbocycles. The van der Waals surface area contributed by atoms with Crippen molar-refractivity contribution in [2.24, 2.45) is 0 Å². The molecule has 0 bridgehead atoms. The molecule has 0 atom stereocenters. The highest BCUT2D eigenvalue weighted by Crippen LogP contribution is 2.28. The van der Waals surface area contributed by atoms with Gasteiger partial charge in [-0.3, -0.25) is 4.79 Å². The van der Waals surface area contributed by atoms with Crippen molar-refractivity contribution in [2.75, 3.05) is 30.8 Å². The fourth-order valence-electron chi connectivity index (χ4n) is 1.22. The number of amides is 1. The van der Waals surface area contributed by atoms with Crippen LogP contribution in [0.1, 0.15) is 12.7 Å². The van der Waals surface area contributed by atoms with E-state index < -0.39 is 12.0 Å². The summed E-state index contributed by atoms with van der Waals surface area (Å²) in [7, 11) is 1.46. The highest BCUT2D eigenvalue weighted by Gasteiger charge is 2.35. The van der Waals surface area contributed by atoms with Gasteiger partial charge in [-0.2, -0.15) is 13.2 Å². The second kappa shape index (κ2) is 6.21. The zero-order valence-electron chi connectivity index (χ0n) is 10.4. The van der Waals surface area contributed by atoms with Crippen molar-refractivity contribution >= 4 is 17.5 Å². The topological polar surface area (TPSA) is 78.9 Å². The van der Waals surface area contributed by atoms with Gasteiger partial charge in [0.05, 0.1) is 0 Å². The Morgan fingerprint density at radius 3 is 2.42 bits per heavy atom. The summed E-state index contributed by atoms with van der Waals surface area (Å²) in [5, 5.41) is 7.72. The van der Waals surface area contributed by atoms with Crippen molar-refractivity contribution in [3.05, 3.63) is 11.9 Å². The molecule has 106 valence electrons. The lowest BCUT2D eigenvalue weighted by molar-refractivity contribution is -0.144. The summed E-state index contributed by atoms with van der Waals surface area (Å²) in [5.41, 5.74) is 0. The molecule has 0 unspecified atom stereocenters. The first-order chi connectivity index (χ1) is 8.82. The number of rotatable bonds is 5. The molecule has 1 rings (SSSR count). The number of alkyl halides is 3. The Balaban J connectivity index is 2.74. The minimum Gasteiger partial charge on any atom is -0.373 e. The number of anilines is 2. The SMILES string of the molecule is CNc1cc(NCCNC(C)=O)nc(C(F)(F)F)n1. The van der Waals surface area contributed by atoms with Crippen LogP contribution in [0.3, 0.4) is 0 Å². The second-order valence-electron chi connectivity index (χ2n) is 3.62. The van der Waals surface area contributed by atoms with E-state index in [1.807, 2.05) is 0 Å². The Hall–Kier alpha value is -2.06. The van der Waals surface area contributed by atoms with E-state index in [-0.39, 0.29) is 30.6 Å².